The van der Waals surface area contributed by atoms with Crippen LogP contribution in [0.15, 0.2) is 42.5 Å². The van der Waals surface area contributed by atoms with E-state index in [2.05, 4.69) is 75.1 Å². The smallest absolute Gasteiger partial charge is 0.319 e. The number of para-hydroxylation sites is 3. The van der Waals surface area contributed by atoms with Gasteiger partial charge in [0.25, 0.3) is 0 Å². The molecule has 35 heavy (non-hydrogen) atoms. The van der Waals surface area contributed by atoms with Crippen LogP contribution in [0.5, 0.6) is 5.75 Å². The number of carbonyl (C=O) groups excluding carboxylic acids is 1. The molecule has 0 aromatic heterocycles. The van der Waals surface area contributed by atoms with Crippen LogP contribution in [0.1, 0.15) is 45.1 Å². The van der Waals surface area contributed by atoms with Gasteiger partial charge in [-0.15, -0.1) is 0 Å². The molecule has 2 N–H and O–H groups in total. The van der Waals surface area contributed by atoms with E-state index in [-0.39, 0.29) is 18.2 Å². The van der Waals surface area contributed by atoms with E-state index in [9.17, 15) is 4.79 Å². The summed E-state index contributed by atoms with van der Waals surface area (Å²) in [4.78, 5) is 17.7. The van der Waals surface area contributed by atoms with Crippen LogP contribution < -0.4 is 20.3 Å². The zero-order valence-corrected chi connectivity index (χ0v) is 23.5. The molecule has 2 aromatic rings. The van der Waals surface area contributed by atoms with Crippen LogP contribution in [0.2, 0.25) is 5.02 Å². The van der Waals surface area contributed by atoms with Crippen molar-refractivity contribution >= 4 is 51.6 Å². The number of hydrogen-bond donors (Lipinski definition) is 2. The highest BCUT2D eigenvalue weighted by Crippen LogP contribution is 2.32. The zero-order chi connectivity index (χ0) is 24.8. The Morgan fingerprint density at radius 1 is 1.06 bits per heavy atom. The SMILES string of the molecule is CC(C)Oc1ccccc1N1CCN([C@H]2CC[C@H](NC(=O)Nc3c(Cl)cccc3CI)CC2)CC1. The molecule has 0 bridgehead atoms. The van der Waals surface area contributed by atoms with Crippen LogP contribution in [-0.2, 0) is 4.43 Å². The van der Waals surface area contributed by atoms with Gasteiger partial charge >= 0.3 is 6.03 Å². The second kappa shape index (κ2) is 12.5. The molecule has 1 aliphatic heterocycles. The summed E-state index contributed by atoms with van der Waals surface area (Å²) in [5, 5.41) is 6.72. The molecule has 2 aromatic carbocycles. The Morgan fingerprint density at radius 3 is 2.46 bits per heavy atom. The number of amides is 2. The first-order chi connectivity index (χ1) is 16.9. The van der Waals surface area contributed by atoms with Gasteiger partial charge in [-0.1, -0.05) is 58.5 Å². The van der Waals surface area contributed by atoms with Gasteiger partial charge in [-0.3, -0.25) is 4.90 Å². The molecule has 190 valence electrons. The van der Waals surface area contributed by atoms with Gasteiger partial charge in [0.1, 0.15) is 5.75 Å². The van der Waals surface area contributed by atoms with Crippen LogP contribution in [0, 0.1) is 0 Å². The normalized spacial score (nSPS) is 21.1. The van der Waals surface area contributed by atoms with Crippen molar-refractivity contribution in [2.45, 2.75) is 62.1 Å². The Labute approximate surface area is 227 Å². The summed E-state index contributed by atoms with van der Waals surface area (Å²) in [6.45, 7) is 8.28. The van der Waals surface area contributed by atoms with Crippen LogP contribution >= 0.6 is 34.2 Å². The molecule has 0 radical (unpaired) electrons. The largest absolute Gasteiger partial charge is 0.489 e. The minimum atomic E-state index is -0.163. The first-order valence-corrected chi connectivity index (χ1v) is 14.5. The molecule has 6 nitrogen and oxygen atoms in total. The molecule has 1 saturated heterocycles. The molecule has 2 fully saturated rings. The summed E-state index contributed by atoms with van der Waals surface area (Å²) in [6, 6.07) is 14.7. The maximum Gasteiger partial charge on any atom is 0.319 e. The molecular weight excluding hydrogens is 575 g/mol. The third-order valence-electron chi connectivity index (χ3n) is 6.91. The second-order valence-corrected chi connectivity index (χ2v) is 10.8. The standard InChI is InChI=1S/C27H36ClIN4O2/c1-19(2)35-25-9-4-3-8-24(25)33-16-14-32(15-17-33)22-12-10-21(11-13-22)30-27(34)31-26-20(18-29)6-5-7-23(26)28/h3-9,19,21-22H,10-18H2,1-2H3,(H2,30,31,34)/t21-,22-. The lowest BCUT2D eigenvalue weighted by molar-refractivity contribution is 0.137. The van der Waals surface area contributed by atoms with E-state index >= 15 is 0 Å². The number of ether oxygens (including phenoxy) is 1. The Bertz CT molecular complexity index is 989. The molecule has 2 amide bonds. The van der Waals surface area contributed by atoms with Crippen LogP contribution in [0.25, 0.3) is 0 Å². The molecule has 0 spiro atoms. The highest BCUT2D eigenvalue weighted by molar-refractivity contribution is 14.1. The lowest BCUT2D eigenvalue weighted by Crippen LogP contribution is -2.52. The quantitative estimate of drug-likeness (QED) is 0.285. The predicted molar refractivity (Wildman–Crippen MR) is 153 cm³/mol. The number of urea groups is 1. The van der Waals surface area contributed by atoms with Crippen LogP contribution in [-0.4, -0.2) is 55.3 Å². The van der Waals surface area contributed by atoms with E-state index in [0.29, 0.717) is 16.8 Å². The second-order valence-electron chi connectivity index (χ2n) is 9.67. The number of hydrogen-bond acceptors (Lipinski definition) is 4. The minimum Gasteiger partial charge on any atom is -0.489 e. The van der Waals surface area contributed by atoms with Crippen molar-refractivity contribution in [3.8, 4) is 5.75 Å². The summed E-state index contributed by atoms with van der Waals surface area (Å²) in [6.07, 6.45) is 4.41. The van der Waals surface area contributed by atoms with E-state index in [1.54, 1.807) is 0 Å². The van der Waals surface area contributed by atoms with Gasteiger partial charge in [0.05, 0.1) is 22.5 Å². The molecule has 8 heteroatoms. The number of benzene rings is 2. The molecule has 1 heterocycles. The maximum absolute atomic E-state index is 12.6. The topological polar surface area (TPSA) is 56.8 Å². The van der Waals surface area contributed by atoms with Crippen molar-refractivity contribution in [2.24, 2.45) is 0 Å². The first-order valence-electron chi connectivity index (χ1n) is 12.6. The predicted octanol–water partition coefficient (Wildman–Crippen LogP) is 6.32. The molecule has 1 aliphatic carbocycles. The minimum absolute atomic E-state index is 0.163. The summed E-state index contributed by atoms with van der Waals surface area (Å²) in [5.41, 5.74) is 2.95. The number of anilines is 2. The number of nitrogens with one attached hydrogen (secondary N) is 2. The summed E-state index contributed by atoms with van der Waals surface area (Å²) >= 11 is 8.61. The van der Waals surface area contributed by atoms with Crippen molar-refractivity contribution in [3.63, 3.8) is 0 Å². The van der Waals surface area contributed by atoms with E-state index in [1.807, 2.05) is 24.3 Å². The molecule has 2 aliphatic rings. The lowest BCUT2D eigenvalue weighted by Gasteiger charge is -2.43. The van der Waals surface area contributed by atoms with Gasteiger partial charge in [0.2, 0.25) is 0 Å². The summed E-state index contributed by atoms with van der Waals surface area (Å²) in [5.74, 6) is 0.975. The highest BCUT2D eigenvalue weighted by atomic mass is 127. The number of piperazine rings is 1. The van der Waals surface area contributed by atoms with E-state index in [1.165, 1.54) is 5.69 Å². The van der Waals surface area contributed by atoms with Crippen molar-refractivity contribution < 1.29 is 9.53 Å². The summed E-state index contributed by atoms with van der Waals surface area (Å²) < 4.78 is 6.83. The average molecular weight is 611 g/mol. The van der Waals surface area contributed by atoms with Crippen LogP contribution in [0.4, 0.5) is 16.2 Å². The molecule has 0 atom stereocenters. The Balaban J connectivity index is 1.24. The Kier molecular flexibility index (Phi) is 9.41. The van der Waals surface area contributed by atoms with Gasteiger partial charge in [0.15, 0.2) is 0 Å². The fourth-order valence-corrected chi connectivity index (χ4v) is 6.02. The number of alkyl halides is 1. The van der Waals surface area contributed by atoms with Crippen molar-refractivity contribution in [1.82, 2.24) is 10.2 Å². The van der Waals surface area contributed by atoms with E-state index in [0.717, 1.165) is 67.6 Å². The van der Waals surface area contributed by atoms with E-state index < -0.39 is 0 Å². The van der Waals surface area contributed by atoms with Gasteiger partial charge in [-0.25, -0.2) is 4.79 Å². The average Bonchev–Trinajstić information content (AvgIpc) is 2.86. The van der Waals surface area contributed by atoms with Gasteiger partial charge < -0.3 is 20.3 Å². The Hall–Kier alpha value is -1.71. The third kappa shape index (κ3) is 6.95. The zero-order valence-electron chi connectivity index (χ0n) is 20.6. The molecule has 4 rings (SSSR count). The van der Waals surface area contributed by atoms with Gasteiger partial charge in [-0.05, 0) is 63.3 Å². The number of rotatable bonds is 7. The number of nitrogens with zero attached hydrogens (tertiary/aromatic N) is 2. The van der Waals surface area contributed by atoms with Gasteiger partial charge in [0, 0.05) is 42.7 Å². The number of halogens is 2. The van der Waals surface area contributed by atoms with Crippen molar-refractivity contribution in [2.75, 3.05) is 36.4 Å². The molecule has 1 saturated carbocycles. The molecule has 0 unspecified atom stereocenters. The van der Waals surface area contributed by atoms with Crippen LogP contribution in [0.3, 0.4) is 0 Å². The first kappa shape index (κ1) is 26.4. The maximum atomic E-state index is 12.6. The number of carbonyl (C=O) groups is 1. The van der Waals surface area contributed by atoms with Crippen molar-refractivity contribution in [1.29, 1.82) is 0 Å². The Morgan fingerprint density at radius 2 is 1.77 bits per heavy atom. The lowest BCUT2D eigenvalue weighted by atomic mass is 9.90. The fraction of sp³-hybridized carbons (Fsp3) is 0.519. The van der Waals surface area contributed by atoms with Gasteiger partial charge in [-0.2, -0.15) is 0 Å². The molecular formula is C27H36ClIN4O2. The highest BCUT2D eigenvalue weighted by Gasteiger charge is 2.29. The fourth-order valence-electron chi connectivity index (χ4n) is 5.14. The summed E-state index contributed by atoms with van der Waals surface area (Å²) in [7, 11) is 0. The monoisotopic (exact) mass is 610 g/mol. The third-order valence-corrected chi connectivity index (χ3v) is 8.05. The van der Waals surface area contributed by atoms with Crippen molar-refractivity contribution in [3.05, 3.63) is 53.1 Å². The van der Waals surface area contributed by atoms with E-state index in [4.69, 9.17) is 16.3 Å².